The maximum absolute atomic E-state index is 13.3. The quantitative estimate of drug-likeness (QED) is 0.754. The maximum atomic E-state index is 13.3. The molecule has 24 heavy (non-hydrogen) atoms. The molecule has 1 unspecified atom stereocenters. The lowest BCUT2D eigenvalue weighted by Crippen LogP contribution is -2.47. The molecule has 5 nitrogen and oxygen atoms in total. The molecule has 6 heteroatoms. The third-order valence-corrected chi connectivity index (χ3v) is 4.58. The molecule has 0 N–H and O–H groups in total. The Hall–Kier alpha value is -1.50. The molecule has 1 aromatic rings. The summed E-state index contributed by atoms with van der Waals surface area (Å²) in [7, 11) is 3.73. The van der Waals surface area contributed by atoms with E-state index in [2.05, 4.69) is 9.80 Å². The number of nitrogens with zero attached hydrogens (tertiary/aromatic N) is 3. The minimum absolute atomic E-state index is 0.0451. The number of carbonyl (C=O) groups is 1. The highest BCUT2D eigenvalue weighted by Crippen LogP contribution is 2.09. The van der Waals surface area contributed by atoms with Crippen LogP contribution in [0.4, 0.5) is 4.39 Å². The highest BCUT2D eigenvalue weighted by molar-refractivity contribution is 5.81. The van der Waals surface area contributed by atoms with E-state index in [1.807, 2.05) is 20.0 Å². The Bertz CT molecular complexity index is 535. The molecule has 0 aliphatic carbocycles. The van der Waals surface area contributed by atoms with Gasteiger partial charge in [0.15, 0.2) is 0 Å². The molecular formula is C18H28FN3O2. The van der Waals surface area contributed by atoms with Crippen LogP contribution < -0.4 is 0 Å². The minimum Gasteiger partial charge on any atom is -0.379 e. The molecule has 1 amide bonds. The van der Waals surface area contributed by atoms with Crippen molar-refractivity contribution in [2.75, 3.05) is 53.5 Å². The molecule has 1 heterocycles. The Morgan fingerprint density at radius 3 is 2.71 bits per heavy atom. The molecule has 1 aliphatic heterocycles. The lowest BCUT2D eigenvalue weighted by molar-refractivity contribution is -0.135. The molecule has 1 fully saturated rings. The van der Waals surface area contributed by atoms with E-state index in [1.54, 1.807) is 18.0 Å². The molecular weight excluding hydrogens is 309 g/mol. The fourth-order valence-electron chi connectivity index (χ4n) is 2.81. The van der Waals surface area contributed by atoms with E-state index in [-0.39, 0.29) is 17.8 Å². The predicted octanol–water partition coefficient (Wildman–Crippen LogP) is 1.44. The van der Waals surface area contributed by atoms with Crippen LogP contribution in [0.15, 0.2) is 24.3 Å². The Kier molecular flexibility index (Phi) is 7.15. The van der Waals surface area contributed by atoms with Crippen LogP contribution in [0.3, 0.4) is 0 Å². The van der Waals surface area contributed by atoms with Gasteiger partial charge in [0.2, 0.25) is 5.91 Å². The molecule has 0 saturated carbocycles. The lowest BCUT2D eigenvalue weighted by Gasteiger charge is -2.32. The van der Waals surface area contributed by atoms with E-state index in [4.69, 9.17) is 4.74 Å². The van der Waals surface area contributed by atoms with E-state index >= 15 is 0 Å². The van der Waals surface area contributed by atoms with Crippen molar-refractivity contribution in [1.82, 2.24) is 14.7 Å². The van der Waals surface area contributed by atoms with Crippen LogP contribution >= 0.6 is 0 Å². The van der Waals surface area contributed by atoms with Crippen LogP contribution in [0.25, 0.3) is 0 Å². The largest absolute Gasteiger partial charge is 0.379 e. The summed E-state index contributed by atoms with van der Waals surface area (Å²) in [6.07, 6.45) is 0. The SMILES string of the molecule is CC(C(=O)N(C)Cc1cccc(F)c1)N(C)CCN1CCOCC1. The first kappa shape index (κ1) is 18.8. The number of hydrogen-bond donors (Lipinski definition) is 0. The van der Waals surface area contributed by atoms with Gasteiger partial charge >= 0.3 is 0 Å². The monoisotopic (exact) mass is 337 g/mol. The maximum Gasteiger partial charge on any atom is 0.239 e. The van der Waals surface area contributed by atoms with Gasteiger partial charge in [-0.1, -0.05) is 12.1 Å². The Morgan fingerprint density at radius 2 is 2.04 bits per heavy atom. The van der Waals surface area contributed by atoms with E-state index in [1.165, 1.54) is 12.1 Å². The van der Waals surface area contributed by atoms with Crippen molar-refractivity contribution in [2.24, 2.45) is 0 Å². The molecule has 1 aliphatic rings. The van der Waals surface area contributed by atoms with Crippen LogP contribution in [0.2, 0.25) is 0 Å². The van der Waals surface area contributed by atoms with E-state index < -0.39 is 0 Å². The van der Waals surface area contributed by atoms with Crippen molar-refractivity contribution in [3.63, 3.8) is 0 Å². The fourth-order valence-corrected chi connectivity index (χ4v) is 2.81. The summed E-state index contributed by atoms with van der Waals surface area (Å²) in [5.74, 6) is -0.229. The van der Waals surface area contributed by atoms with Crippen molar-refractivity contribution in [3.8, 4) is 0 Å². The molecule has 0 spiro atoms. The summed E-state index contributed by atoms with van der Waals surface area (Å²) in [6, 6.07) is 6.18. The average Bonchev–Trinajstić information content (AvgIpc) is 2.59. The lowest BCUT2D eigenvalue weighted by atomic mass is 10.2. The molecule has 1 atom stereocenters. The molecule has 1 saturated heterocycles. The van der Waals surface area contributed by atoms with Crippen LogP contribution in [-0.4, -0.2) is 80.1 Å². The topological polar surface area (TPSA) is 36.0 Å². The number of carbonyl (C=O) groups excluding carboxylic acids is 1. The van der Waals surface area contributed by atoms with Gasteiger partial charge in [-0.15, -0.1) is 0 Å². The van der Waals surface area contributed by atoms with Gasteiger partial charge in [-0.05, 0) is 31.7 Å². The van der Waals surface area contributed by atoms with Crippen molar-refractivity contribution < 1.29 is 13.9 Å². The highest BCUT2D eigenvalue weighted by Gasteiger charge is 2.22. The zero-order valence-electron chi connectivity index (χ0n) is 14.9. The van der Waals surface area contributed by atoms with Crippen LogP contribution in [0.5, 0.6) is 0 Å². The van der Waals surface area contributed by atoms with E-state index in [0.29, 0.717) is 6.54 Å². The third-order valence-electron chi connectivity index (χ3n) is 4.58. The number of halogens is 1. The Balaban J connectivity index is 1.80. The normalized spacial score (nSPS) is 17.0. The van der Waals surface area contributed by atoms with Crippen LogP contribution in [0, 0.1) is 5.82 Å². The van der Waals surface area contributed by atoms with Gasteiger partial charge in [0.25, 0.3) is 0 Å². The van der Waals surface area contributed by atoms with Gasteiger partial charge < -0.3 is 9.64 Å². The molecule has 2 rings (SSSR count). The smallest absolute Gasteiger partial charge is 0.239 e. The van der Waals surface area contributed by atoms with Gasteiger partial charge in [0.05, 0.1) is 19.3 Å². The zero-order chi connectivity index (χ0) is 17.5. The second-order valence-electron chi connectivity index (χ2n) is 6.43. The summed E-state index contributed by atoms with van der Waals surface area (Å²) < 4.78 is 18.6. The minimum atomic E-state index is -0.274. The number of likely N-dealkylation sites (N-methyl/N-ethyl adjacent to an activating group) is 2. The number of morpholine rings is 1. The first-order valence-corrected chi connectivity index (χ1v) is 8.47. The van der Waals surface area contributed by atoms with E-state index in [9.17, 15) is 9.18 Å². The summed E-state index contributed by atoms with van der Waals surface area (Å²) in [5.41, 5.74) is 0.800. The first-order valence-electron chi connectivity index (χ1n) is 8.47. The first-order chi connectivity index (χ1) is 11.5. The van der Waals surface area contributed by atoms with Crippen LogP contribution in [-0.2, 0) is 16.1 Å². The van der Waals surface area contributed by atoms with Crippen molar-refractivity contribution in [1.29, 1.82) is 0 Å². The van der Waals surface area contributed by atoms with Gasteiger partial charge in [-0.25, -0.2) is 4.39 Å². The van der Waals surface area contributed by atoms with Crippen LogP contribution in [0.1, 0.15) is 12.5 Å². The van der Waals surface area contributed by atoms with Gasteiger partial charge in [-0.2, -0.15) is 0 Å². The molecule has 0 bridgehead atoms. The van der Waals surface area contributed by atoms with Crippen molar-refractivity contribution in [2.45, 2.75) is 19.5 Å². The summed E-state index contributed by atoms with van der Waals surface area (Å²) >= 11 is 0. The van der Waals surface area contributed by atoms with Crippen molar-refractivity contribution in [3.05, 3.63) is 35.6 Å². The van der Waals surface area contributed by atoms with Gasteiger partial charge in [0.1, 0.15) is 5.82 Å². The number of rotatable bonds is 7. The second kappa shape index (κ2) is 9.11. The molecule has 134 valence electrons. The predicted molar refractivity (Wildman–Crippen MR) is 92.2 cm³/mol. The Labute approximate surface area is 144 Å². The number of benzene rings is 1. The summed E-state index contributed by atoms with van der Waals surface area (Å²) in [5, 5.41) is 0. The number of ether oxygens (including phenoxy) is 1. The Morgan fingerprint density at radius 1 is 1.33 bits per heavy atom. The summed E-state index contributed by atoms with van der Waals surface area (Å²) in [4.78, 5) is 18.7. The second-order valence-corrected chi connectivity index (χ2v) is 6.43. The fraction of sp³-hybridized carbons (Fsp3) is 0.611. The molecule has 0 radical (unpaired) electrons. The zero-order valence-corrected chi connectivity index (χ0v) is 14.9. The molecule has 0 aromatic heterocycles. The third kappa shape index (κ3) is 5.54. The highest BCUT2D eigenvalue weighted by atomic mass is 19.1. The standard InChI is InChI=1S/C18H28FN3O2/c1-15(20(2)7-8-22-9-11-24-12-10-22)18(23)21(3)14-16-5-4-6-17(19)13-16/h4-6,13,15H,7-12,14H2,1-3H3. The van der Waals surface area contributed by atoms with Crippen molar-refractivity contribution >= 4 is 5.91 Å². The number of amides is 1. The van der Waals surface area contributed by atoms with Gasteiger partial charge in [0, 0.05) is 39.8 Å². The number of hydrogen-bond acceptors (Lipinski definition) is 4. The van der Waals surface area contributed by atoms with Gasteiger partial charge in [-0.3, -0.25) is 14.6 Å². The van der Waals surface area contributed by atoms with E-state index in [0.717, 1.165) is 45.0 Å². The average molecular weight is 337 g/mol. The molecule has 1 aromatic carbocycles. The summed E-state index contributed by atoms with van der Waals surface area (Å²) in [6.45, 7) is 7.59.